The molecule has 0 spiro atoms. The van der Waals surface area contributed by atoms with Gasteiger partial charge in [-0.05, 0) is 53.6 Å². The fourth-order valence-electron chi connectivity index (χ4n) is 2.45. The maximum absolute atomic E-state index is 5.88. The van der Waals surface area contributed by atoms with Crippen molar-refractivity contribution < 1.29 is 0 Å². The molecule has 0 radical (unpaired) electrons. The molecule has 1 aromatic rings. The predicted octanol–water partition coefficient (Wildman–Crippen LogP) is 4.88. The van der Waals surface area contributed by atoms with Gasteiger partial charge < -0.3 is 5.32 Å². The Hall–Kier alpha value is -0.280. The van der Waals surface area contributed by atoms with Crippen molar-refractivity contribution >= 4 is 33.2 Å². The average molecular weight is 318 g/mol. The van der Waals surface area contributed by atoms with E-state index in [1.807, 2.05) is 6.07 Å². The Morgan fingerprint density at radius 3 is 2.71 bits per heavy atom. The quantitative estimate of drug-likeness (QED) is 0.804. The molecular formula is C13H18BrClN2. The van der Waals surface area contributed by atoms with Crippen LogP contribution in [-0.4, -0.2) is 11.0 Å². The Balaban J connectivity index is 1.91. The SMILES string of the molecule is CCC1CCC(Nc2cnc(Cl)c(Br)c2)CC1. The largest absolute Gasteiger partial charge is 0.381 e. The lowest BCUT2D eigenvalue weighted by molar-refractivity contribution is 0.330. The van der Waals surface area contributed by atoms with E-state index in [0.29, 0.717) is 11.2 Å². The van der Waals surface area contributed by atoms with Crippen molar-refractivity contribution in [3.63, 3.8) is 0 Å². The third kappa shape index (κ3) is 3.59. The van der Waals surface area contributed by atoms with Gasteiger partial charge in [0.25, 0.3) is 0 Å². The number of pyridine rings is 1. The van der Waals surface area contributed by atoms with E-state index in [0.717, 1.165) is 16.1 Å². The molecule has 0 bridgehead atoms. The summed E-state index contributed by atoms with van der Waals surface area (Å²) in [5, 5.41) is 4.06. The van der Waals surface area contributed by atoms with Gasteiger partial charge in [-0.25, -0.2) is 4.98 Å². The number of halogens is 2. The number of nitrogens with zero attached hydrogens (tertiary/aromatic N) is 1. The van der Waals surface area contributed by atoms with Crippen LogP contribution in [0, 0.1) is 5.92 Å². The molecule has 2 nitrogen and oxygen atoms in total. The molecule has 0 amide bonds. The van der Waals surface area contributed by atoms with Crippen LogP contribution in [-0.2, 0) is 0 Å². The highest BCUT2D eigenvalue weighted by Crippen LogP contribution is 2.29. The summed E-state index contributed by atoms with van der Waals surface area (Å²) in [6.45, 7) is 2.29. The van der Waals surface area contributed by atoms with Crippen LogP contribution >= 0.6 is 27.5 Å². The molecule has 1 heterocycles. The molecule has 17 heavy (non-hydrogen) atoms. The van der Waals surface area contributed by atoms with E-state index in [1.54, 1.807) is 6.20 Å². The Morgan fingerprint density at radius 1 is 1.41 bits per heavy atom. The second-order valence-electron chi connectivity index (χ2n) is 4.77. The molecule has 2 rings (SSSR count). The summed E-state index contributed by atoms with van der Waals surface area (Å²) in [6.07, 6.45) is 8.34. The van der Waals surface area contributed by atoms with Gasteiger partial charge >= 0.3 is 0 Å². The first-order valence-corrected chi connectivity index (χ1v) is 7.43. The number of anilines is 1. The maximum Gasteiger partial charge on any atom is 0.143 e. The second kappa shape index (κ2) is 6.05. The molecule has 1 aliphatic carbocycles. The van der Waals surface area contributed by atoms with Crippen LogP contribution in [0.5, 0.6) is 0 Å². The summed E-state index contributed by atoms with van der Waals surface area (Å²) in [4.78, 5) is 4.13. The van der Waals surface area contributed by atoms with Crippen molar-refractivity contribution in [3.8, 4) is 0 Å². The van der Waals surface area contributed by atoms with Crippen LogP contribution in [0.1, 0.15) is 39.0 Å². The Kier molecular flexibility index (Phi) is 4.69. The van der Waals surface area contributed by atoms with Crippen molar-refractivity contribution in [3.05, 3.63) is 21.9 Å². The summed E-state index contributed by atoms with van der Waals surface area (Å²) in [6, 6.07) is 2.59. The highest BCUT2D eigenvalue weighted by atomic mass is 79.9. The van der Waals surface area contributed by atoms with Gasteiger partial charge in [-0.15, -0.1) is 0 Å². The fourth-order valence-corrected chi connectivity index (χ4v) is 2.90. The molecule has 0 aromatic carbocycles. The molecular weight excluding hydrogens is 300 g/mol. The number of aromatic nitrogens is 1. The zero-order valence-electron chi connectivity index (χ0n) is 10.0. The van der Waals surface area contributed by atoms with Gasteiger partial charge in [0.2, 0.25) is 0 Å². The number of hydrogen-bond acceptors (Lipinski definition) is 2. The van der Waals surface area contributed by atoms with Gasteiger partial charge in [0.05, 0.1) is 16.4 Å². The van der Waals surface area contributed by atoms with Crippen LogP contribution in [0.25, 0.3) is 0 Å². The number of hydrogen-bond donors (Lipinski definition) is 1. The van der Waals surface area contributed by atoms with E-state index in [-0.39, 0.29) is 0 Å². The van der Waals surface area contributed by atoms with Gasteiger partial charge in [-0.3, -0.25) is 0 Å². The standard InChI is InChI=1S/C13H18BrClN2/c1-2-9-3-5-10(6-4-9)17-11-7-12(14)13(15)16-8-11/h7-10,17H,2-6H2,1H3. The molecule has 1 aromatic heterocycles. The minimum atomic E-state index is 0.519. The molecule has 1 aliphatic rings. The first-order chi connectivity index (χ1) is 8.19. The smallest absolute Gasteiger partial charge is 0.143 e. The Bertz CT molecular complexity index is 376. The van der Waals surface area contributed by atoms with Gasteiger partial charge in [0.1, 0.15) is 5.15 Å². The van der Waals surface area contributed by atoms with Crippen molar-refractivity contribution in [2.24, 2.45) is 5.92 Å². The molecule has 0 atom stereocenters. The molecule has 1 N–H and O–H groups in total. The molecule has 1 fully saturated rings. The molecule has 0 aliphatic heterocycles. The first kappa shape index (κ1) is 13.2. The van der Waals surface area contributed by atoms with E-state index >= 15 is 0 Å². The van der Waals surface area contributed by atoms with Crippen LogP contribution in [0.3, 0.4) is 0 Å². The zero-order chi connectivity index (χ0) is 12.3. The van der Waals surface area contributed by atoms with E-state index < -0.39 is 0 Å². The van der Waals surface area contributed by atoms with Gasteiger partial charge in [0.15, 0.2) is 0 Å². The third-order valence-electron chi connectivity index (χ3n) is 3.59. The lowest BCUT2D eigenvalue weighted by Crippen LogP contribution is -2.25. The van der Waals surface area contributed by atoms with Crippen LogP contribution < -0.4 is 5.32 Å². The normalized spacial score (nSPS) is 24.6. The first-order valence-electron chi connectivity index (χ1n) is 6.26. The Morgan fingerprint density at radius 2 is 2.12 bits per heavy atom. The monoisotopic (exact) mass is 316 g/mol. The number of nitrogens with one attached hydrogen (secondary N) is 1. The van der Waals surface area contributed by atoms with E-state index in [4.69, 9.17) is 11.6 Å². The molecule has 0 saturated heterocycles. The van der Waals surface area contributed by atoms with Gasteiger partial charge in [-0.1, -0.05) is 24.9 Å². The van der Waals surface area contributed by atoms with Crippen molar-refractivity contribution in [1.29, 1.82) is 0 Å². The lowest BCUT2D eigenvalue weighted by Gasteiger charge is -2.29. The fraction of sp³-hybridized carbons (Fsp3) is 0.615. The molecule has 1 saturated carbocycles. The molecule has 4 heteroatoms. The third-order valence-corrected chi connectivity index (χ3v) is 4.73. The zero-order valence-corrected chi connectivity index (χ0v) is 12.4. The Labute approximate surface area is 116 Å². The van der Waals surface area contributed by atoms with Crippen molar-refractivity contribution in [1.82, 2.24) is 4.98 Å². The summed E-state index contributed by atoms with van der Waals surface area (Å²) in [7, 11) is 0. The summed E-state index contributed by atoms with van der Waals surface area (Å²) in [5.74, 6) is 0.933. The summed E-state index contributed by atoms with van der Waals surface area (Å²) >= 11 is 9.27. The van der Waals surface area contributed by atoms with Gasteiger partial charge in [-0.2, -0.15) is 0 Å². The summed E-state index contributed by atoms with van der Waals surface area (Å²) < 4.78 is 0.853. The van der Waals surface area contributed by atoms with Crippen molar-refractivity contribution in [2.75, 3.05) is 5.32 Å². The van der Waals surface area contributed by atoms with E-state index in [9.17, 15) is 0 Å². The number of rotatable bonds is 3. The average Bonchev–Trinajstić information content (AvgIpc) is 2.35. The topological polar surface area (TPSA) is 24.9 Å². The van der Waals surface area contributed by atoms with Crippen LogP contribution in [0.15, 0.2) is 16.7 Å². The highest BCUT2D eigenvalue weighted by molar-refractivity contribution is 9.10. The van der Waals surface area contributed by atoms with E-state index in [1.165, 1.54) is 32.1 Å². The van der Waals surface area contributed by atoms with Crippen LogP contribution in [0.2, 0.25) is 5.15 Å². The highest BCUT2D eigenvalue weighted by Gasteiger charge is 2.19. The van der Waals surface area contributed by atoms with E-state index in [2.05, 4.69) is 33.2 Å². The lowest BCUT2D eigenvalue weighted by atomic mass is 9.84. The predicted molar refractivity (Wildman–Crippen MR) is 76.6 cm³/mol. The molecule has 0 unspecified atom stereocenters. The second-order valence-corrected chi connectivity index (χ2v) is 5.98. The van der Waals surface area contributed by atoms with Gasteiger partial charge in [0, 0.05) is 6.04 Å². The minimum absolute atomic E-state index is 0.519. The maximum atomic E-state index is 5.88. The minimum Gasteiger partial charge on any atom is -0.381 e. The van der Waals surface area contributed by atoms with Crippen LogP contribution in [0.4, 0.5) is 5.69 Å². The van der Waals surface area contributed by atoms with Crippen molar-refractivity contribution in [2.45, 2.75) is 45.1 Å². The summed E-state index contributed by atoms with van der Waals surface area (Å²) in [5.41, 5.74) is 1.06. The molecule has 94 valence electrons.